The average molecular weight is 298 g/mol. The summed E-state index contributed by atoms with van der Waals surface area (Å²) in [4.78, 5) is 0.319. The minimum atomic E-state index is -3.49. The molecule has 114 valence electrons. The first kappa shape index (κ1) is 17.0. The second-order valence-electron chi connectivity index (χ2n) is 5.01. The lowest BCUT2D eigenvalue weighted by Crippen LogP contribution is -2.38. The highest BCUT2D eigenvalue weighted by Gasteiger charge is 2.23. The molecule has 0 spiro atoms. The van der Waals surface area contributed by atoms with Crippen molar-refractivity contribution < 1.29 is 8.42 Å². The van der Waals surface area contributed by atoms with E-state index in [-0.39, 0.29) is 6.04 Å². The summed E-state index contributed by atoms with van der Waals surface area (Å²) in [5.74, 6) is 0.357. The van der Waals surface area contributed by atoms with Gasteiger partial charge in [-0.2, -0.15) is 0 Å². The molecule has 0 aliphatic rings. The van der Waals surface area contributed by atoms with E-state index in [2.05, 4.69) is 23.9 Å². The van der Waals surface area contributed by atoms with Gasteiger partial charge in [0.15, 0.2) is 0 Å². The maximum absolute atomic E-state index is 12.5. The van der Waals surface area contributed by atoms with Gasteiger partial charge >= 0.3 is 0 Å². The number of rotatable bonds is 8. The third-order valence-corrected chi connectivity index (χ3v) is 5.26. The molecule has 0 aromatic heterocycles. The largest absolute Gasteiger partial charge is 0.384 e. The van der Waals surface area contributed by atoms with Crippen LogP contribution in [0, 0.1) is 5.92 Å². The van der Waals surface area contributed by atoms with E-state index < -0.39 is 10.0 Å². The lowest BCUT2D eigenvalue weighted by molar-refractivity contribution is 0.391. The SMILES string of the molecule is CCNc1ccccc1S(=O)(=O)NC(C)C(CC)CC. The van der Waals surface area contributed by atoms with Gasteiger partial charge in [-0.3, -0.25) is 0 Å². The van der Waals surface area contributed by atoms with E-state index >= 15 is 0 Å². The molecule has 1 aromatic carbocycles. The van der Waals surface area contributed by atoms with Crippen molar-refractivity contribution in [3.8, 4) is 0 Å². The first-order valence-electron chi connectivity index (χ1n) is 7.31. The van der Waals surface area contributed by atoms with Crippen molar-refractivity contribution >= 4 is 15.7 Å². The van der Waals surface area contributed by atoms with Crippen LogP contribution in [0.15, 0.2) is 29.2 Å². The fourth-order valence-electron chi connectivity index (χ4n) is 2.44. The van der Waals surface area contributed by atoms with Crippen molar-refractivity contribution in [2.75, 3.05) is 11.9 Å². The van der Waals surface area contributed by atoms with E-state index in [1.54, 1.807) is 18.2 Å². The van der Waals surface area contributed by atoms with Gasteiger partial charge < -0.3 is 5.32 Å². The second-order valence-corrected chi connectivity index (χ2v) is 6.70. The van der Waals surface area contributed by atoms with Gasteiger partial charge in [-0.15, -0.1) is 0 Å². The van der Waals surface area contributed by atoms with Gasteiger partial charge in [0.1, 0.15) is 4.90 Å². The van der Waals surface area contributed by atoms with Gasteiger partial charge in [0, 0.05) is 12.6 Å². The lowest BCUT2D eigenvalue weighted by Gasteiger charge is -2.23. The highest BCUT2D eigenvalue weighted by atomic mass is 32.2. The van der Waals surface area contributed by atoms with Gasteiger partial charge in [-0.25, -0.2) is 13.1 Å². The fraction of sp³-hybridized carbons (Fsp3) is 0.600. The summed E-state index contributed by atoms with van der Waals surface area (Å²) in [5, 5.41) is 3.09. The van der Waals surface area contributed by atoms with Gasteiger partial charge in [-0.05, 0) is 31.9 Å². The Balaban J connectivity index is 2.99. The molecule has 0 saturated carbocycles. The molecule has 0 saturated heterocycles. The molecule has 0 aliphatic heterocycles. The Morgan fingerprint density at radius 1 is 1.10 bits per heavy atom. The van der Waals surface area contributed by atoms with Gasteiger partial charge in [0.2, 0.25) is 10.0 Å². The summed E-state index contributed by atoms with van der Waals surface area (Å²) in [6, 6.07) is 6.95. The molecule has 20 heavy (non-hydrogen) atoms. The molecule has 0 bridgehead atoms. The van der Waals surface area contributed by atoms with Crippen LogP contribution in [-0.2, 0) is 10.0 Å². The quantitative estimate of drug-likeness (QED) is 0.774. The first-order valence-corrected chi connectivity index (χ1v) is 8.79. The lowest BCUT2D eigenvalue weighted by atomic mass is 9.96. The Bertz CT molecular complexity index is 510. The minimum absolute atomic E-state index is 0.0651. The van der Waals surface area contributed by atoms with Crippen molar-refractivity contribution in [3.05, 3.63) is 24.3 Å². The predicted octanol–water partition coefficient (Wildman–Crippen LogP) is 3.22. The van der Waals surface area contributed by atoms with E-state index in [0.29, 0.717) is 23.0 Å². The monoisotopic (exact) mass is 298 g/mol. The molecule has 1 aromatic rings. The van der Waals surface area contributed by atoms with Crippen molar-refractivity contribution in [1.82, 2.24) is 4.72 Å². The Hall–Kier alpha value is -1.07. The molecule has 4 nitrogen and oxygen atoms in total. The van der Waals surface area contributed by atoms with Crippen LogP contribution in [0.2, 0.25) is 0 Å². The van der Waals surface area contributed by atoms with Crippen LogP contribution >= 0.6 is 0 Å². The Morgan fingerprint density at radius 2 is 1.70 bits per heavy atom. The molecule has 1 atom stereocenters. The van der Waals surface area contributed by atoms with E-state index in [4.69, 9.17) is 0 Å². The highest BCUT2D eigenvalue weighted by molar-refractivity contribution is 7.89. The highest BCUT2D eigenvalue weighted by Crippen LogP contribution is 2.22. The zero-order valence-corrected chi connectivity index (χ0v) is 13.6. The Labute approximate surface area is 123 Å². The first-order chi connectivity index (χ1) is 9.46. The maximum atomic E-state index is 12.5. The second kappa shape index (κ2) is 7.64. The van der Waals surface area contributed by atoms with Crippen molar-refractivity contribution in [2.24, 2.45) is 5.92 Å². The molecule has 0 fully saturated rings. The van der Waals surface area contributed by atoms with Crippen LogP contribution in [0.5, 0.6) is 0 Å². The van der Waals surface area contributed by atoms with Crippen LogP contribution < -0.4 is 10.0 Å². The van der Waals surface area contributed by atoms with Gasteiger partial charge in [-0.1, -0.05) is 38.8 Å². The summed E-state index contributed by atoms with van der Waals surface area (Å²) in [5.41, 5.74) is 0.652. The average Bonchev–Trinajstić information content (AvgIpc) is 2.40. The molecule has 5 heteroatoms. The topological polar surface area (TPSA) is 58.2 Å². The third kappa shape index (κ3) is 4.21. The molecular formula is C15H26N2O2S. The summed E-state index contributed by atoms with van der Waals surface area (Å²) >= 11 is 0. The zero-order chi connectivity index (χ0) is 15.2. The van der Waals surface area contributed by atoms with E-state index in [9.17, 15) is 8.42 Å². The third-order valence-electron chi connectivity index (χ3n) is 3.64. The Morgan fingerprint density at radius 3 is 2.25 bits per heavy atom. The number of hydrogen-bond acceptors (Lipinski definition) is 3. The van der Waals surface area contributed by atoms with Crippen molar-refractivity contribution in [2.45, 2.75) is 51.5 Å². The number of anilines is 1. The number of sulfonamides is 1. The normalized spacial score (nSPS) is 13.4. The summed E-state index contributed by atoms with van der Waals surface area (Å²) in [7, 11) is -3.49. The van der Waals surface area contributed by atoms with Crippen LogP contribution in [-0.4, -0.2) is 21.0 Å². The number of benzene rings is 1. The molecule has 0 amide bonds. The molecule has 1 rings (SSSR count). The van der Waals surface area contributed by atoms with Crippen LogP contribution in [0.25, 0.3) is 0 Å². The summed E-state index contributed by atoms with van der Waals surface area (Å²) in [6.07, 6.45) is 1.93. The van der Waals surface area contributed by atoms with Crippen LogP contribution in [0.4, 0.5) is 5.69 Å². The molecule has 1 unspecified atom stereocenters. The van der Waals surface area contributed by atoms with Crippen LogP contribution in [0.3, 0.4) is 0 Å². The number of nitrogens with one attached hydrogen (secondary N) is 2. The Kier molecular flexibility index (Phi) is 6.49. The molecule has 0 aliphatic carbocycles. The van der Waals surface area contributed by atoms with E-state index in [0.717, 1.165) is 12.8 Å². The predicted molar refractivity (Wildman–Crippen MR) is 84.5 cm³/mol. The van der Waals surface area contributed by atoms with Crippen molar-refractivity contribution in [1.29, 1.82) is 0 Å². The molecule has 2 N–H and O–H groups in total. The molecule has 0 heterocycles. The smallest absolute Gasteiger partial charge is 0.242 e. The molecular weight excluding hydrogens is 272 g/mol. The van der Waals surface area contributed by atoms with Gasteiger partial charge in [0.25, 0.3) is 0 Å². The van der Waals surface area contributed by atoms with Gasteiger partial charge in [0.05, 0.1) is 5.69 Å². The molecule has 0 radical (unpaired) electrons. The zero-order valence-electron chi connectivity index (χ0n) is 12.8. The van der Waals surface area contributed by atoms with Crippen molar-refractivity contribution in [3.63, 3.8) is 0 Å². The fourth-order valence-corrected chi connectivity index (χ4v) is 3.93. The summed E-state index contributed by atoms with van der Waals surface area (Å²) < 4.78 is 27.9. The van der Waals surface area contributed by atoms with E-state index in [1.165, 1.54) is 0 Å². The number of hydrogen-bond donors (Lipinski definition) is 2. The van der Waals surface area contributed by atoms with E-state index in [1.807, 2.05) is 19.9 Å². The van der Waals surface area contributed by atoms with Crippen LogP contribution in [0.1, 0.15) is 40.5 Å². The minimum Gasteiger partial charge on any atom is -0.384 e. The summed E-state index contributed by atoms with van der Waals surface area (Å²) in [6.45, 7) is 8.75. The standard InChI is InChI=1S/C15H26N2O2S/c1-5-13(6-2)12(4)17-20(18,19)15-11-9-8-10-14(15)16-7-3/h8-13,16-17H,5-7H2,1-4H3. The number of para-hydroxylation sites is 1. The maximum Gasteiger partial charge on any atom is 0.242 e.